The highest BCUT2D eigenvalue weighted by Crippen LogP contribution is 2.17. The van der Waals surface area contributed by atoms with Gasteiger partial charge in [-0.25, -0.2) is 0 Å². The van der Waals surface area contributed by atoms with E-state index < -0.39 is 6.23 Å². The molecule has 1 unspecified atom stereocenters. The largest absolute Gasteiger partial charge is 0.399 e. The number of rotatable bonds is 3. The van der Waals surface area contributed by atoms with Crippen LogP contribution in [0.4, 0.5) is 11.4 Å². The van der Waals surface area contributed by atoms with Crippen LogP contribution in [0.15, 0.2) is 24.3 Å². The molecule has 72 valence electrons. The molecule has 0 heterocycles. The van der Waals surface area contributed by atoms with Crippen molar-refractivity contribution in [3.05, 3.63) is 24.3 Å². The molecule has 1 rings (SSSR count). The van der Waals surface area contributed by atoms with Gasteiger partial charge in [-0.2, -0.15) is 0 Å². The quantitative estimate of drug-likeness (QED) is 0.546. The summed E-state index contributed by atoms with van der Waals surface area (Å²) in [5.41, 5.74) is 7.30. The van der Waals surface area contributed by atoms with Crippen LogP contribution in [0.25, 0.3) is 0 Å². The summed E-state index contributed by atoms with van der Waals surface area (Å²) < 4.78 is 0. The van der Waals surface area contributed by atoms with Crippen LogP contribution in [-0.4, -0.2) is 17.9 Å². The van der Waals surface area contributed by atoms with Gasteiger partial charge < -0.3 is 15.7 Å². The first kappa shape index (κ1) is 9.86. The molecule has 3 N–H and O–H groups in total. The molecule has 3 heteroatoms. The molecular weight excluding hydrogens is 164 g/mol. The SMILES string of the molecule is CCN(c1ccc(N)cc1)C(C)O. The van der Waals surface area contributed by atoms with Crippen LogP contribution < -0.4 is 10.6 Å². The normalized spacial score (nSPS) is 12.5. The zero-order valence-corrected chi connectivity index (χ0v) is 8.07. The molecule has 0 radical (unpaired) electrons. The highest BCUT2D eigenvalue weighted by molar-refractivity contribution is 5.53. The lowest BCUT2D eigenvalue weighted by Gasteiger charge is -2.26. The van der Waals surface area contributed by atoms with Crippen molar-refractivity contribution in [2.45, 2.75) is 20.1 Å². The van der Waals surface area contributed by atoms with E-state index in [1.165, 1.54) is 0 Å². The Balaban J connectivity index is 2.86. The van der Waals surface area contributed by atoms with Gasteiger partial charge in [-0.3, -0.25) is 0 Å². The number of nitrogen functional groups attached to an aromatic ring is 1. The van der Waals surface area contributed by atoms with Gasteiger partial charge in [-0.15, -0.1) is 0 Å². The Bertz CT molecular complexity index is 256. The standard InChI is InChI=1S/C10H16N2O/c1-3-12(8(2)13)10-6-4-9(11)5-7-10/h4-8,13H,3,11H2,1-2H3. The summed E-state index contributed by atoms with van der Waals surface area (Å²) in [4.78, 5) is 1.89. The van der Waals surface area contributed by atoms with Gasteiger partial charge in [0, 0.05) is 17.9 Å². The van der Waals surface area contributed by atoms with Gasteiger partial charge in [0.25, 0.3) is 0 Å². The zero-order valence-electron chi connectivity index (χ0n) is 8.07. The minimum absolute atomic E-state index is 0.464. The Morgan fingerprint density at radius 2 is 1.92 bits per heavy atom. The summed E-state index contributed by atoms with van der Waals surface area (Å²) in [5, 5.41) is 9.43. The van der Waals surface area contributed by atoms with Crippen LogP contribution in [0, 0.1) is 0 Å². The van der Waals surface area contributed by atoms with Gasteiger partial charge in [0.1, 0.15) is 6.23 Å². The molecule has 0 aromatic heterocycles. The number of hydrogen-bond acceptors (Lipinski definition) is 3. The second-order valence-electron chi connectivity index (χ2n) is 3.01. The van der Waals surface area contributed by atoms with Gasteiger partial charge in [0.05, 0.1) is 0 Å². The van der Waals surface area contributed by atoms with E-state index in [0.717, 1.165) is 17.9 Å². The third-order valence-electron chi connectivity index (χ3n) is 2.02. The highest BCUT2D eigenvalue weighted by Gasteiger charge is 2.08. The average molecular weight is 180 g/mol. The molecule has 0 bridgehead atoms. The van der Waals surface area contributed by atoms with Crippen LogP contribution in [0.2, 0.25) is 0 Å². The third kappa shape index (κ3) is 2.36. The third-order valence-corrected chi connectivity index (χ3v) is 2.02. The Morgan fingerprint density at radius 3 is 2.31 bits per heavy atom. The molecule has 3 nitrogen and oxygen atoms in total. The van der Waals surface area contributed by atoms with Gasteiger partial charge in [0.15, 0.2) is 0 Å². The zero-order chi connectivity index (χ0) is 9.84. The number of anilines is 2. The number of aliphatic hydroxyl groups is 1. The molecule has 0 fully saturated rings. The maximum atomic E-state index is 9.43. The van der Waals surface area contributed by atoms with Crippen LogP contribution >= 0.6 is 0 Å². The topological polar surface area (TPSA) is 49.5 Å². The molecule has 0 aliphatic rings. The fourth-order valence-electron chi connectivity index (χ4n) is 1.33. The van der Waals surface area contributed by atoms with E-state index in [0.29, 0.717) is 0 Å². The number of nitrogens with zero attached hydrogens (tertiary/aromatic N) is 1. The van der Waals surface area contributed by atoms with E-state index in [2.05, 4.69) is 0 Å². The molecule has 0 aliphatic heterocycles. The first-order valence-corrected chi connectivity index (χ1v) is 4.45. The summed E-state index contributed by atoms with van der Waals surface area (Å²) in [6, 6.07) is 7.48. The van der Waals surface area contributed by atoms with Gasteiger partial charge >= 0.3 is 0 Å². The molecule has 0 saturated carbocycles. The number of hydrogen-bond donors (Lipinski definition) is 2. The van der Waals surface area contributed by atoms with Crippen molar-refractivity contribution < 1.29 is 5.11 Å². The summed E-state index contributed by atoms with van der Waals surface area (Å²) in [7, 11) is 0. The smallest absolute Gasteiger partial charge is 0.124 e. The molecule has 0 spiro atoms. The molecule has 1 aromatic carbocycles. The summed E-state index contributed by atoms with van der Waals surface area (Å²) in [6.07, 6.45) is -0.464. The van der Waals surface area contributed by atoms with Crippen molar-refractivity contribution in [2.24, 2.45) is 0 Å². The van der Waals surface area contributed by atoms with Crippen molar-refractivity contribution >= 4 is 11.4 Å². The molecule has 0 saturated heterocycles. The lowest BCUT2D eigenvalue weighted by atomic mass is 10.2. The first-order chi connectivity index (χ1) is 6.15. The predicted octanol–water partition coefficient (Wildman–Crippen LogP) is 1.43. The van der Waals surface area contributed by atoms with Crippen LogP contribution in [-0.2, 0) is 0 Å². The Morgan fingerprint density at radius 1 is 1.38 bits per heavy atom. The summed E-state index contributed by atoms with van der Waals surface area (Å²) in [5.74, 6) is 0. The fourth-order valence-corrected chi connectivity index (χ4v) is 1.33. The summed E-state index contributed by atoms with van der Waals surface area (Å²) >= 11 is 0. The Hall–Kier alpha value is -1.22. The highest BCUT2D eigenvalue weighted by atomic mass is 16.3. The van der Waals surface area contributed by atoms with E-state index in [9.17, 15) is 5.11 Å². The molecule has 0 amide bonds. The fraction of sp³-hybridized carbons (Fsp3) is 0.400. The molecule has 13 heavy (non-hydrogen) atoms. The number of aliphatic hydroxyl groups excluding tert-OH is 1. The van der Waals surface area contributed by atoms with E-state index in [4.69, 9.17) is 5.73 Å². The van der Waals surface area contributed by atoms with Crippen molar-refractivity contribution in [2.75, 3.05) is 17.2 Å². The first-order valence-electron chi connectivity index (χ1n) is 4.45. The van der Waals surface area contributed by atoms with Gasteiger partial charge in [-0.05, 0) is 38.1 Å². The van der Waals surface area contributed by atoms with Gasteiger partial charge in [-0.1, -0.05) is 0 Å². The van der Waals surface area contributed by atoms with E-state index in [1.54, 1.807) is 6.92 Å². The monoisotopic (exact) mass is 180 g/mol. The molecular formula is C10H16N2O. The molecule has 1 atom stereocenters. The Labute approximate surface area is 78.8 Å². The maximum Gasteiger partial charge on any atom is 0.124 e. The van der Waals surface area contributed by atoms with E-state index in [-0.39, 0.29) is 0 Å². The van der Waals surface area contributed by atoms with E-state index >= 15 is 0 Å². The lowest BCUT2D eigenvalue weighted by Crippen LogP contribution is -2.32. The number of nitrogens with two attached hydrogens (primary N) is 1. The molecule has 0 aliphatic carbocycles. The van der Waals surface area contributed by atoms with Crippen LogP contribution in [0.3, 0.4) is 0 Å². The van der Waals surface area contributed by atoms with Crippen molar-refractivity contribution in [1.82, 2.24) is 0 Å². The summed E-state index contributed by atoms with van der Waals surface area (Å²) in [6.45, 7) is 4.53. The molecule has 1 aromatic rings. The minimum Gasteiger partial charge on any atom is -0.399 e. The second-order valence-corrected chi connectivity index (χ2v) is 3.01. The maximum absolute atomic E-state index is 9.43. The number of benzene rings is 1. The minimum atomic E-state index is -0.464. The predicted molar refractivity (Wildman–Crippen MR) is 55.6 cm³/mol. The van der Waals surface area contributed by atoms with Crippen LogP contribution in [0.1, 0.15) is 13.8 Å². The van der Waals surface area contributed by atoms with E-state index in [1.807, 2.05) is 36.1 Å². The average Bonchev–Trinajstić information content (AvgIpc) is 2.09. The Kier molecular flexibility index (Phi) is 3.14. The lowest BCUT2D eigenvalue weighted by molar-refractivity contribution is 0.190. The second kappa shape index (κ2) is 4.14. The van der Waals surface area contributed by atoms with Crippen molar-refractivity contribution in [1.29, 1.82) is 0 Å². The van der Waals surface area contributed by atoms with Crippen molar-refractivity contribution in [3.63, 3.8) is 0 Å². The van der Waals surface area contributed by atoms with Crippen molar-refractivity contribution in [3.8, 4) is 0 Å². The van der Waals surface area contributed by atoms with Crippen LogP contribution in [0.5, 0.6) is 0 Å². The van der Waals surface area contributed by atoms with Gasteiger partial charge in [0.2, 0.25) is 0 Å².